The molecule has 0 spiro atoms. The Morgan fingerprint density at radius 3 is 2.37 bits per heavy atom. The number of nitrogens with zero attached hydrogens (tertiary/aromatic N) is 1. The summed E-state index contributed by atoms with van der Waals surface area (Å²) in [6.45, 7) is -0.873. The van der Waals surface area contributed by atoms with Gasteiger partial charge in [0.05, 0.1) is 5.41 Å². The Morgan fingerprint density at radius 1 is 0.967 bits per heavy atom. The van der Waals surface area contributed by atoms with E-state index in [-0.39, 0.29) is 5.75 Å². The number of rotatable bonds is 9. The normalized spacial score (nSPS) is 12.8. The van der Waals surface area contributed by atoms with Gasteiger partial charge in [-0.05, 0) is 62.1 Å². The van der Waals surface area contributed by atoms with Crippen LogP contribution in [0.1, 0.15) is 31.0 Å². The van der Waals surface area contributed by atoms with E-state index in [9.17, 15) is 8.78 Å². The number of alkyl halides is 2. The van der Waals surface area contributed by atoms with Gasteiger partial charge in [0.2, 0.25) is 5.88 Å². The molecule has 3 aromatic rings. The highest BCUT2D eigenvalue weighted by Crippen LogP contribution is 2.31. The molecule has 2 aromatic carbocycles. The van der Waals surface area contributed by atoms with Crippen LogP contribution in [0.15, 0.2) is 72.8 Å². The van der Waals surface area contributed by atoms with Gasteiger partial charge in [-0.25, -0.2) is 4.98 Å². The lowest BCUT2D eigenvalue weighted by Gasteiger charge is -2.24. The first-order valence-corrected chi connectivity index (χ1v) is 9.70. The first-order valence-electron chi connectivity index (χ1n) is 9.70. The summed E-state index contributed by atoms with van der Waals surface area (Å²) in [5, 5.41) is 0. The third kappa shape index (κ3) is 5.81. The maximum absolute atomic E-state index is 12.3. The van der Waals surface area contributed by atoms with Crippen molar-refractivity contribution in [3.05, 3.63) is 84.1 Å². The number of terminal acetylenes is 1. The molecule has 1 heterocycles. The van der Waals surface area contributed by atoms with Gasteiger partial charge in [-0.2, -0.15) is 8.78 Å². The molecule has 0 bridgehead atoms. The summed E-state index contributed by atoms with van der Waals surface area (Å²) in [6.07, 6.45) is 8.10. The summed E-state index contributed by atoms with van der Waals surface area (Å²) in [5.74, 6) is 4.26. The predicted molar refractivity (Wildman–Crippen MR) is 113 cm³/mol. The molecule has 154 valence electrons. The number of benzene rings is 2. The Hall–Kier alpha value is -3.39. The first-order chi connectivity index (χ1) is 14.5. The number of para-hydroxylation sites is 1. The van der Waals surface area contributed by atoms with Gasteiger partial charge in [-0.3, -0.25) is 0 Å². The highest BCUT2D eigenvalue weighted by molar-refractivity contribution is 5.37. The second kappa shape index (κ2) is 9.89. The van der Waals surface area contributed by atoms with Crippen LogP contribution in [-0.2, 0) is 11.8 Å². The van der Waals surface area contributed by atoms with E-state index in [1.165, 1.54) is 12.1 Å². The highest BCUT2D eigenvalue weighted by Gasteiger charge is 2.24. The molecule has 0 aliphatic rings. The Labute approximate surface area is 175 Å². The van der Waals surface area contributed by atoms with Crippen molar-refractivity contribution in [2.45, 2.75) is 38.2 Å². The van der Waals surface area contributed by atoms with Crippen molar-refractivity contribution in [2.75, 3.05) is 0 Å². The second-order valence-electron chi connectivity index (χ2n) is 7.12. The molecule has 0 aliphatic heterocycles. The number of ether oxygens (including phenoxy) is 2. The number of aromatic nitrogens is 1. The van der Waals surface area contributed by atoms with Crippen LogP contribution in [-0.4, -0.2) is 11.6 Å². The number of aryl methyl sites for hydroxylation is 1. The minimum Gasteiger partial charge on any atom is -0.439 e. The maximum atomic E-state index is 12.3. The van der Waals surface area contributed by atoms with Crippen molar-refractivity contribution in [2.24, 2.45) is 0 Å². The summed E-state index contributed by atoms with van der Waals surface area (Å²) < 4.78 is 34.8. The van der Waals surface area contributed by atoms with Gasteiger partial charge in [0.15, 0.2) is 0 Å². The molecule has 0 aliphatic carbocycles. The zero-order chi connectivity index (χ0) is 21.4. The maximum Gasteiger partial charge on any atom is 0.387 e. The summed E-state index contributed by atoms with van der Waals surface area (Å²) in [4.78, 5) is 4.56. The average Bonchev–Trinajstić information content (AvgIpc) is 2.75. The van der Waals surface area contributed by atoms with E-state index in [0.29, 0.717) is 5.88 Å². The minimum absolute atomic E-state index is 0.118. The van der Waals surface area contributed by atoms with Crippen LogP contribution < -0.4 is 9.47 Å². The van der Waals surface area contributed by atoms with E-state index >= 15 is 0 Å². The van der Waals surface area contributed by atoms with Gasteiger partial charge in [-0.15, -0.1) is 6.42 Å². The lowest BCUT2D eigenvalue weighted by Crippen LogP contribution is -2.19. The zero-order valence-corrected chi connectivity index (χ0v) is 16.7. The summed E-state index contributed by atoms with van der Waals surface area (Å²) in [7, 11) is 0. The molecule has 1 unspecified atom stereocenters. The predicted octanol–water partition coefficient (Wildman–Crippen LogP) is 6.39. The van der Waals surface area contributed by atoms with Crippen LogP contribution in [0.3, 0.4) is 0 Å². The summed E-state index contributed by atoms with van der Waals surface area (Å²) in [5.41, 5.74) is 1.30. The van der Waals surface area contributed by atoms with E-state index in [4.69, 9.17) is 11.2 Å². The van der Waals surface area contributed by atoms with E-state index in [0.717, 1.165) is 36.3 Å². The third-order valence-corrected chi connectivity index (χ3v) is 4.89. The molecule has 3 rings (SSSR count). The molecule has 0 saturated carbocycles. The number of halogens is 2. The molecule has 0 N–H and O–H groups in total. The number of hydrogen-bond donors (Lipinski definition) is 0. The average molecular weight is 407 g/mol. The number of hydrogen-bond acceptors (Lipinski definition) is 3. The van der Waals surface area contributed by atoms with E-state index < -0.39 is 12.0 Å². The van der Waals surface area contributed by atoms with Gasteiger partial charge in [-0.1, -0.05) is 42.3 Å². The quantitative estimate of drug-likeness (QED) is 0.385. The largest absolute Gasteiger partial charge is 0.439 e. The molecular formula is C25H23F2NO2. The van der Waals surface area contributed by atoms with Crippen LogP contribution in [0.4, 0.5) is 8.78 Å². The van der Waals surface area contributed by atoms with Gasteiger partial charge in [0, 0.05) is 11.8 Å². The van der Waals surface area contributed by atoms with Gasteiger partial charge < -0.3 is 9.47 Å². The molecule has 0 radical (unpaired) electrons. The van der Waals surface area contributed by atoms with Crippen LogP contribution in [0.5, 0.6) is 17.4 Å². The molecule has 1 aromatic heterocycles. The van der Waals surface area contributed by atoms with E-state index in [2.05, 4.69) is 15.6 Å². The van der Waals surface area contributed by atoms with Crippen LogP contribution >= 0.6 is 0 Å². The lowest BCUT2D eigenvalue weighted by atomic mass is 9.79. The van der Waals surface area contributed by atoms with Gasteiger partial charge >= 0.3 is 6.61 Å². The standard InChI is InChI=1S/C25H23F2NO2/c1-3-25(2,19-14-16-22(17-15-19)30-24(26)27)18-8-10-20-9-7-13-23(28-20)29-21-11-5-4-6-12-21/h1,4-7,9,11-17,24H,8,10,18H2,2H3. The molecule has 3 nitrogen and oxygen atoms in total. The number of pyridine rings is 1. The summed E-state index contributed by atoms with van der Waals surface area (Å²) in [6, 6.07) is 21.7. The van der Waals surface area contributed by atoms with Crippen molar-refractivity contribution in [1.29, 1.82) is 0 Å². The molecule has 1 atom stereocenters. The first kappa shape index (κ1) is 21.3. The molecular weight excluding hydrogens is 384 g/mol. The van der Waals surface area contributed by atoms with Crippen LogP contribution in [0, 0.1) is 12.3 Å². The topological polar surface area (TPSA) is 31.4 Å². The van der Waals surface area contributed by atoms with Crippen molar-refractivity contribution >= 4 is 0 Å². The SMILES string of the molecule is C#CC(C)(CCCc1cccc(Oc2ccccc2)n1)c1ccc(OC(F)F)cc1. The molecule has 0 saturated heterocycles. The third-order valence-electron chi connectivity index (χ3n) is 4.89. The molecule has 30 heavy (non-hydrogen) atoms. The molecule has 0 fully saturated rings. The van der Waals surface area contributed by atoms with Crippen LogP contribution in [0.25, 0.3) is 0 Å². The van der Waals surface area contributed by atoms with Crippen molar-refractivity contribution < 1.29 is 18.3 Å². The van der Waals surface area contributed by atoms with Crippen molar-refractivity contribution in [1.82, 2.24) is 4.98 Å². The fourth-order valence-electron chi connectivity index (χ4n) is 3.19. The Morgan fingerprint density at radius 2 is 1.70 bits per heavy atom. The highest BCUT2D eigenvalue weighted by atomic mass is 19.3. The monoisotopic (exact) mass is 407 g/mol. The van der Waals surface area contributed by atoms with Crippen molar-refractivity contribution in [3.63, 3.8) is 0 Å². The fraction of sp³-hybridized carbons (Fsp3) is 0.240. The summed E-state index contributed by atoms with van der Waals surface area (Å²) >= 11 is 0. The Balaban J connectivity index is 1.60. The van der Waals surface area contributed by atoms with Gasteiger partial charge in [0.25, 0.3) is 0 Å². The van der Waals surface area contributed by atoms with Crippen LogP contribution in [0.2, 0.25) is 0 Å². The Bertz CT molecular complexity index is 984. The van der Waals surface area contributed by atoms with E-state index in [1.54, 1.807) is 12.1 Å². The second-order valence-corrected chi connectivity index (χ2v) is 7.12. The fourth-order valence-corrected chi connectivity index (χ4v) is 3.19. The molecule has 0 amide bonds. The van der Waals surface area contributed by atoms with Crippen molar-refractivity contribution in [3.8, 4) is 29.7 Å². The smallest absolute Gasteiger partial charge is 0.387 e. The van der Waals surface area contributed by atoms with Gasteiger partial charge in [0.1, 0.15) is 11.5 Å². The lowest BCUT2D eigenvalue weighted by molar-refractivity contribution is -0.0498. The van der Waals surface area contributed by atoms with E-state index in [1.807, 2.05) is 55.5 Å². The zero-order valence-electron chi connectivity index (χ0n) is 16.7. The Kier molecular flexibility index (Phi) is 7.03. The minimum atomic E-state index is -2.84. The molecule has 5 heteroatoms.